The van der Waals surface area contributed by atoms with E-state index in [4.69, 9.17) is 28.3 Å². The first kappa shape index (κ1) is 26.1. The van der Waals surface area contributed by atoms with Crippen molar-refractivity contribution >= 4 is 49.2 Å². The van der Waals surface area contributed by atoms with Gasteiger partial charge in [0, 0.05) is 23.1 Å². The number of hydrogen-bond donors (Lipinski definition) is 2. The molecule has 0 unspecified atom stereocenters. The molecule has 0 aliphatic heterocycles. The number of carbonyl (C=O) groups is 1. The molecule has 0 aliphatic rings. The second-order valence-corrected chi connectivity index (χ2v) is 11.6. The number of nitrogens with two attached hydrogens (primary N) is 1. The Morgan fingerprint density at radius 1 is 0.882 bits per heavy atom. The third-order valence-corrected chi connectivity index (χ3v) is 8.13. The summed E-state index contributed by atoms with van der Waals surface area (Å²) in [5.41, 5.74) is 1.09. The summed E-state index contributed by atoms with van der Waals surface area (Å²) >= 11 is 12.2. The maximum Gasteiger partial charge on any atom is 0.243 e. The largest absolute Gasteiger partial charge is 0.351 e. The second-order valence-electron chi connectivity index (χ2n) is 7.29. The molecular weight excluding hydrogens is 521 g/mol. The van der Waals surface area contributed by atoms with E-state index in [1.807, 2.05) is 0 Å². The molecule has 3 aromatic carbocycles. The van der Waals surface area contributed by atoms with Gasteiger partial charge < -0.3 is 5.32 Å². The van der Waals surface area contributed by atoms with Gasteiger partial charge in [-0.15, -0.1) is 0 Å². The van der Waals surface area contributed by atoms with Crippen molar-refractivity contribution in [2.45, 2.75) is 22.9 Å². The van der Waals surface area contributed by atoms with Crippen LogP contribution in [0.1, 0.15) is 11.1 Å². The zero-order valence-corrected chi connectivity index (χ0v) is 20.8. The topological polar surface area (TPSA) is 127 Å². The Morgan fingerprint density at radius 3 is 2.12 bits per heavy atom. The van der Waals surface area contributed by atoms with E-state index >= 15 is 0 Å². The van der Waals surface area contributed by atoms with Crippen molar-refractivity contribution in [1.82, 2.24) is 9.62 Å². The molecule has 0 saturated carbocycles. The number of benzene rings is 3. The highest BCUT2D eigenvalue weighted by atomic mass is 35.5. The van der Waals surface area contributed by atoms with E-state index in [1.54, 1.807) is 30.3 Å². The first-order valence-electron chi connectivity index (χ1n) is 9.84. The van der Waals surface area contributed by atoms with Crippen LogP contribution in [-0.4, -0.2) is 33.6 Å². The van der Waals surface area contributed by atoms with Crippen molar-refractivity contribution in [2.24, 2.45) is 5.14 Å². The van der Waals surface area contributed by atoms with E-state index in [9.17, 15) is 21.6 Å². The minimum atomic E-state index is -4.03. The van der Waals surface area contributed by atoms with Crippen molar-refractivity contribution in [1.29, 1.82) is 0 Å². The van der Waals surface area contributed by atoms with E-state index in [0.717, 1.165) is 4.31 Å². The average Bonchev–Trinajstić information content (AvgIpc) is 2.79. The van der Waals surface area contributed by atoms with Gasteiger partial charge in [-0.3, -0.25) is 4.79 Å². The lowest BCUT2D eigenvalue weighted by Crippen LogP contribution is -2.40. The Hall–Kier alpha value is -2.47. The Kier molecular flexibility index (Phi) is 8.34. The van der Waals surface area contributed by atoms with Crippen LogP contribution in [0, 0.1) is 0 Å². The van der Waals surface area contributed by atoms with E-state index in [-0.39, 0.29) is 27.9 Å². The monoisotopic (exact) mass is 541 g/mol. The minimum Gasteiger partial charge on any atom is -0.351 e. The number of nitrogens with zero attached hydrogens (tertiary/aromatic N) is 1. The first-order valence-corrected chi connectivity index (χ1v) is 13.6. The molecule has 0 radical (unpaired) electrons. The number of sulfonamides is 2. The standard InChI is InChI=1S/C22H21Cl2N3O5S2/c23-18-9-8-17(21(24)12-18)14-27(34(31,32)20-4-2-1-3-5-20)15-22(28)26-13-16-6-10-19(11-7-16)33(25,29)30/h1-12H,13-15H2,(H,26,28)(H2,25,29,30). The Labute approximate surface area is 208 Å². The quantitative estimate of drug-likeness (QED) is 0.430. The second kappa shape index (κ2) is 10.9. The van der Waals surface area contributed by atoms with Crippen LogP contribution in [0.2, 0.25) is 10.0 Å². The van der Waals surface area contributed by atoms with Crippen molar-refractivity contribution in [2.75, 3.05) is 6.54 Å². The molecule has 0 aliphatic carbocycles. The maximum absolute atomic E-state index is 13.3. The minimum absolute atomic E-state index is 0.0338. The van der Waals surface area contributed by atoms with Crippen molar-refractivity contribution < 1.29 is 21.6 Å². The molecule has 3 rings (SSSR count). The molecule has 0 heterocycles. The summed E-state index contributed by atoms with van der Waals surface area (Å²) in [6.45, 7) is -0.556. The molecule has 3 aromatic rings. The van der Waals surface area contributed by atoms with Crippen LogP contribution in [0.25, 0.3) is 0 Å². The molecule has 0 aromatic heterocycles. The van der Waals surface area contributed by atoms with Crippen molar-refractivity contribution in [3.8, 4) is 0 Å². The van der Waals surface area contributed by atoms with Gasteiger partial charge >= 0.3 is 0 Å². The van der Waals surface area contributed by atoms with Gasteiger partial charge in [0.05, 0.1) is 16.3 Å². The predicted molar refractivity (Wildman–Crippen MR) is 130 cm³/mol. The SMILES string of the molecule is NS(=O)(=O)c1ccc(CNC(=O)CN(Cc2ccc(Cl)cc2Cl)S(=O)(=O)c2ccccc2)cc1. The molecule has 0 atom stereocenters. The summed E-state index contributed by atoms with van der Waals surface area (Å²) < 4.78 is 50.3. The summed E-state index contributed by atoms with van der Waals surface area (Å²) in [5.74, 6) is -0.555. The molecule has 1 amide bonds. The van der Waals surface area contributed by atoms with Crippen LogP contribution in [-0.2, 0) is 37.9 Å². The van der Waals surface area contributed by atoms with Gasteiger partial charge in [0.15, 0.2) is 0 Å². The summed E-state index contributed by atoms with van der Waals surface area (Å²) in [5, 5.41) is 8.39. The van der Waals surface area contributed by atoms with Gasteiger partial charge in [-0.2, -0.15) is 4.31 Å². The Balaban J connectivity index is 1.78. The molecule has 180 valence electrons. The summed E-state index contributed by atoms with van der Waals surface area (Å²) in [4.78, 5) is 12.7. The van der Waals surface area contributed by atoms with Gasteiger partial charge in [-0.05, 0) is 47.5 Å². The highest BCUT2D eigenvalue weighted by Gasteiger charge is 2.27. The van der Waals surface area contributed by atoms with Crippen LogP contribution >= 0.6 is 23.2 Å². The summed E-state index contributed by atoms with van der Waals surface area (Å²) in [7, 11) is -7.85. The van der Waals surface area contributed by atoms with Gasteiger partial charge in [0.1, 0.15) is 0 Å². The van der Waals surface area contributed by atoms with Crippen LogP contribution in [0.5, 0.6) is 0 Å². The van der Waals surface area contributed by atoms with Gasteiger partial charge in [0.25, 0.3) is 0 Å². The molecule has 12 heteroatoms. The predicted octanol–water partition coefficient (Wildman–Crippen LogP) is 3.15. The number of rotatable bonds is 9. The lowest BCUT2D eigenvalue weighted by atomic mass is 10.2. The number of primary sulfonamides is 1. The van der Waals surface area contributed by atoms with Gasteiger partial charge in [-0.1, -0.05) is 59.6 Å². The normalized spacial score (nSPS) is 12.0. The fraction of sp³-hybridized carbons (Fsp3) is 0.136. The maximum atomic E-state index is 13.3. The Morgan fingerprint density at radius 2 is 1.53 bits per heavy atom. The third-order valence-electron chi connectivity index (χ3n) is 4.80. The Bertz CT molecular complexity index is 1380. The lowest BCUT2D eigenvalue weighted by molar-refractivity contribution is -0.121. The number of hydrogen-bond acceptors (Lipinski definition) is 5. The van der Waals surface area contributed by atoms with Crippen LogP contribution in [0.15, 0.2) is 82.6 Å². The van der Waals surface area contributed by atoms with Crippen molar-refractivity contribution in [3.05, 3.63) is 94.0 Å². The molecular formula is C22H21Cl2N3O5S2. The zero-order chi connectivity index (χ0) is 24.9. The smallest absolute Gasteiger partial charge is 0.243 e. The molecule has 0 saturated heterocycles. The van der Waals surface area contributed by atoms with E-state index in [2.05, 4.69) is 5.32 Å². The summed E-state index contributed by atoms with van der Waals surface area (Å²) in [6, 6.07) is 18.1. The highest BCUT2D eigenvalue weighted by Crippen LogP contribution is 2.25. The lowest BCUT2D eigenvalue weighted by Gasteiger charge is -2.22. The number of carbonyl (C=O) groups excluding carboxylic acids is 1. The molecule has 8 nitrogen and oxygen atoms in total. The number of amides is 1. The molecule has 0 spiro atoms. The average molecular weight is 542 g/mol. The molecule has 34 heavy (non-hydrogen) atoms. The summed E-state index contributed by atoms with van der Waals surface area (Å²) in [6.07, 6.45) is 0. The van der Waals surface area contributed by atoms with Crippen LogP contribution < -0.4 is 10.5 Å². The van der Waals surface area contributed by atoms with E-state index in [1.165, 1.54) is 42.5 Å². The molecule has 0 fully saturated rings. The number of nitrogens with one attached hydrogen (secondary N) is 1. The van der Waals surface area contributed by atoms with Crippen LogP contribution in [0.4, 0.5) is 0 Å². The van der Waals surface area contributed by atoms with Gasteiger partial charge in [0.2, 0.25) is 26.0 Å². The molecule has 3 N–H and O–H groups in total. The fourth-order valence-corrected chi connectivity index (χ4v) is 5.40. The van der Waals surface area contributed by atoms with Crippen molar-refractivity contribution in [3.63, 3.8) is 0 Å². The highest BCUT2D eigenvalue weighted by molar-refractivity contribution is 7.89. The molecule has 0 bridgehead atoms. The van der Waals surface area contributed by atoms with E-state index < -0.39 is 32.5 Å². The van der Waals surface area contributed by atoms with E-state index in [0.29, 0.717) is 16.1 Å². The van der Waals surface area contributed by atoms with Crippen LogP contribution in [0.3, 0.4) is 0 Å². The zero-order valence-electron chi connectivity index (χ0n) is 17.7. The third kappa shape index (κ3) is 6.78. The first-order chi connectivity index (χ1) is 16.0. The number of halogens is 2. The fourth-order valence-electron chi connectivity index (χ4n) is 3.02. The van der Waals surface area contributed by atoms with Gasteiger partial charge in [-0.25, -0.2) is 22.0 Å².